The van der Waals surface area contributed by atoms with Crippen LogP contribution in [0.25, 0.3) is 0 Å². The van der Waals surface area contributed by atoms with Crippen LogP contribution in [0.4, 0.5) is 5.69 Å². The van der Waals surface area contributed by atoms with E-state index >= 15 is 0 Å². The van der Waals surface area contributed by atoms with E-state index in [9.17, 15) is 9.59 Å². The Morgan fingerprint density at radius 3 is 2.48 bits per heavy atom. The molecule has 1 atom stereocenters. The Labute approximate surface area is 133 Å². The van der Waals surface area contributed by atoms with Crippen molar-refractivity contribution in [1.82, 2.24) is 0 Å². The van der Waals surface area contributed by atoms with Crippen LogP contribution in [-0.4, -0.2) is 29.7 Å². The van der Waals surface area contributed by atoms with Gasteiger partial charge >= 0.3 is 5.97 Å². The third-order valence-electron chi connectivity index (χ3n) is 2.89. The number of para-hydroxylation sites is 1. The molecule has 2 rings (SSSR count). The van der Waals surface area contributed by atoms with Gasteiger partial charge in [0.15, 0.2) is 12.7 Å². The number of carbonyl (C=O) groups is 2. The quantitative estimate of drug-likeness (QED) is 0.820. The minimum Gasteiger partial charge on any atom is -0.482 e. The zero-order valence-electron chi connectivity index (χ0n) is 12.6. The van der Waals surface area contributed by atoms with E-state index in [0.717, 1.165) is 0 Å². The highest BCUT2D eigenvalue weighted by molar-refractivity contribution is 5.94. The standard InChI is InChI=1S/C17H17NO5/c1-12(23-14-7-3-2-4-8-14)17(21)18-13-6-5-9-15(10-13)22-11-16(19)20/h2-10,12H,11H2,1H3,(H,18,21)(H,19,20)/t12-/m0/s1. The van der Waals surface area contributed by atoms with Crippen LogP contribution in [0.1, 0.15) is 6.92 Å². The average Bonchev–Trinajstić information content (AvgIpc) is 2.54. The van der Waals surface area contributed by atoms with Crippen molar-refractivity contribution in [2.75, 3.05) is 11.9 Å². The molecule has 0 fully saturated rings. The maximum absolute atomic E-state index is 12.1. The van der Waals surface area contributed by atoms with Crippen molar-refractivity contribution in [3.8, 4) is 11.5 Å². The Hall–Kier alpha value is -3.02. The lowest BCUT2D eigenvalue weighted by atomic mass is 10.2. The number of ether oxygens (including phenoxy) is 2. The van der Waals surface area contributed by atoms with E-state index in [0.29, 0.717) is 17.2 Å². The fourth-order valence-electron chi connectivity index (χ4n) is 1.81. The summed E-state index contributed by atoms with van der Waals surface area (Å²) in [6.07, 6.45) is -0.680. The lowest BCUT2D eigenvalue weighted by Crippen LogP contribution is -2.30. The van der Waals surface area contributed by atoms with Crippen LogP contribution < -0.4 is 14.8 Å². The van der Waals surface area contributed by atoms with Crippen molar-refractivity contribution in [2.24, 2.45) is 0 Å². The highest BCUT2D eigenvalue weighted by atomic mass is 16.5. The number of amides is 1. The summed E-state index contributed by atoms with van der Waals surface area (Å²) in [7, 11) is 0. The zero-order valence-corrected chi connectivity index (χ0v) is 12.6. The highest BCUT2D eigenvalue weighted by Gasteiger charge is 2.15. The largest absolute Gasteiger partial charge is 0.482 e. The molecule has 0 saturated heterocycles. The predicted molar refractivity (Wildman–Crippen MR) is 84.7 cm³/mol. The van der Waals surface area contributed by atoms with Gasteiger partial charge < -0.3 is 19.9 Å². The monoisotopic (exact) mass is 315 g/mol. The fraction of sp³-hybridized carbons (Fsp3) is 0.176. The van der Waals surface area contributed by atoms with Crippen LogP contribution in [0.5, 0.6) is 11.5 Å². The Morgan fingerprint density at radius 2 is 1.78 bits per heavy atom. The van der Waals surface area contributed by atoms with Crippen molar-refractivity contribution in [2.45, 2.75) is 13.0 Å². The first-order valence-corrected chi connectivity index (χ1v) is 7.02. The van der Waals surface area contributed by atoms with Gasteiger partial charge in [-0.15, -0.1) is 0 Å². The van der Waals surface area contributed by atoms with Gasteiger partial charge in [0, 0.05) is 11.8 Å². The zero-order chi connectivity index (χ0) is 16.7. The van der Waals surface area contributed by atoms with E-state index in [1.807, 2.05) is 18.2 Å². The van der Waals surface area contributed by atoms with Gasteiger partial charge in [-0.05, 0) is 31.2 Å². The topological polar surface area (TPSA) is 84.9 Å². The Kier molecular flexibility index (Phi) is 5.57. The SMILES string of the molecule is C[C@H](Oc1ccccc1)C(=O)Nc1cccc(OCC(=O)O)c1. The Bertz CT molecular complexity index is 672. The molecule has 0 bridgehead atoms. The molecule has 0 aromatic heterocycles. The molecule has 120 valence electrons. The summed E-state index contributed by atoms with van der Waals surface area (Å²) in [6, 6.07) is 15.6. The molecule has 6 heteroatoms. The summed E-state index contributed by atoms with van der Waals surface area (Å²) >= 11 is 0. The maximum atomic E-state index is 12.1. The summed E-state index contributed by atoms with van der Waals surface area (Å²) < 4.78 is 10.6. The molecular weight excluding hydrogens is 298 g/mol. The van der Waals surface area contributed by atoms with Crippen LogP contribution >= 0.6 is 0 Å². The molecule has 0 radical (unpaired) electrons. The summed E-state index contributed by atoms with van der Waals surface area (Å²) in [5.41, 5.74) is 0.501. The second-order valence-electron chi connectivity index (χ2n) is 4.77. The number of carboxylic acids is 1. The van der Waals surface area contributed by atoms with Gasteiger partial charge in [0.1, 0.15) is 11.5 Å². The normalized spacial score (nSPS) is 11.3. The first-order valence-electron chi connectivity index (χ1n) is 7.02. The van der Waals surface area contributed by atoms with E-state index < -0.39 is 18.7 Å². The summed E-state index contributed by atoms with van der Waals surface area (Å²) in [6.45, 7) is 1.21. The molecule has 6 nitrogen and oxygen atoms in total. The van der Waals surface area contributed by atoms with Crippen molar-refractivity contribution in [1.29, 1.82) is 0 Å². The number of anilines is 1. The molecule has 1 amide bonds. The molecule has 0 aliphatic rings. The van der Waals surface area contributed by atoms with Gasteiger partial charge in [-0.2, -0.15) is 0 Å². The second kappa shape index (κ2) is 7.84. The lowest BCUT2D eigenvalue weighted by Gasteiger charge is -2.15. The predicted octanol–water partition coefficient (Wildman–Crippen LogP) is 2.56. The average molecular weight is 315 g/mol. The number of aliphatic carboxylic acids is 1. The number of benzene rings is 2. The smallest absolute Gasteiger partial charge is 0.341 e. The summed E-state index contributed by atoms with van der Waals surface area (Å²) in [4.78, 5) is 22.6. The van der Waals surface area contributed by atoms with E-state index in [1.165, 1.54) is 0 Å². The van der Waals surface area contributed by atoms with Crippen LogP contribution in [0.3, 0.4) is 0 Å². The molecule has 0 unspecified atom stereocenters. The van der Waals surface area contributed by atoms with E-state index in [4.69, 9.17) is 14.6 Å². The van der Waals surface area contributed by atoms with Gasteiger partial charge in [0.25, 0.3) is 5.91 Å². The van der Waals surface area contributed by atoms with Crippen LogP contribution in [0.2, 0.25) is 0 Å². The second-order valence-corrected chi connectivity index (χ2v) is 4.77. The van der Waals surface area contributed by atoms with E-state index in [1.54, 1.807) is 43.3 Å². The number of hydrogen-bond acceptors (Lipinski definition) is 4. The van der Waals surface area contributed by atoms with Crippen molar-refractivity contribution < 1.29 is 24.2 Å². The number of carbonyl (C=O) groups excluding carboxylic acids is 1. The van der Waals surface area contributed by atoms with Gasteiger partial charge in [-0.25, -0.2) is 4.79 Å². The first kappa shape index (κ1) is 16.4. The third kappa shape index (κ3) is 5.35. The first-order chi connectivity index (χ1) is 11.0. The van der Waals surface area contributed by atoms with Gasteiger partial charge in [0.05, 0.1) is 0 Å². The molecule has 23 heavy (non-hydrogen) atoms. The van der Waals surface area contributed by atoms with Gasteiger partial charge in [0.2, 0.25) is 0 Å². The van der Waals surface area contributed by atoms with Crippen LogP contribution in [0, 0.1) is 0 Å². The Morgan fingerprint density at radius 1 is 1.09 bits per heavy atom. The number of rotatable bonds is 7. The molecule has 2 aromatic carbocycles. The van der Waals surface area contributed by atoms with E-state index in [-0.39, 0.29) is 5.91 Å². The van der Waals surface area contributed by atoms with Crippen molar-refractivity contribution in [3.63, 3.8) is 0 Å². The number of hydrogen-bond donors (Lipinski definition) is 2. The number of carboxylic acid groups (broad SMARTS) is 1. The number of nitrogens with one attached hydrogen (secondary N) is 1. The van der Waals surface area contributed by atoms with Crippen molar-refractivity contribution >= 4 is 17.6 Å². The van der Waals surface area contributed by atoms with Gasteiger partial charge in [-0.3, -0.25) is 4.79 Å². The summed E-state index contributed by atoms with van der Waals surface area (Å²) in [5.74, 6) is -0.413. The van der Waals surface area contributed by atoms with Gasteiger partial charge in [-0.1, -0.05) is 24.3 Å². The van der Waals surface area contributed by atoms with E-state index in [2.05, 4.69) is 5.32 Å². The molecule has 0 heterocycles. The molecule has 0 saturated carbocycles. The fourth-order valence-corrected chi connectivity index (χ4v) is 1.81. The molecular formula is C17H17NO5. The maximum Gasteiger partial charge on any atom is 0.341 e. The Balaban J connectivity index is 1.94. The molecule has 0 spiro atoms. The minimum absolute atomic E-state index is 0.316. The van der Waals surface area contributed by atoms with Crippen LogP contribution in [0.15, 0.2) is 54.6 Å². The molecule has 2 aromatic rings. The molecule has 2 N–H and O–H groups in total. The lowest BCUT2D eigenvalue weighted by molar-refractivity contribution is -0.139. The molecule has 0 aliphatic heterocycles. The summed E-state index contributed by atoms with van der Waals surface area (Å²) in [5, 5.41) is 11.3. The minimum atomic E-state index is -1.07. The van der Waals surface area contributed by atoms with Crippen molar-refractivity contribution in [3.05, 3.63) is 54.6 Å². The van der Waals surface area contributed by atoms with Crippen LogP contribution in [-0.2, 0) is 9.59 Å². The highest BCUT2D eigenvalue weighted by Crippen LogP contribution is 2.18. The molecule has 0 aliphatic carbocycles. The third-order valence-corrected chi connectivity index (χ3v) is 2.89.